The second-order valence-electron chi connectivity index (χ2n) is 6.46. The summed E-state index contributed by atoms with van der Waals surface area (Å²) in [6, 6.07) is 19.2. The maximum absolute atomic E-state index is 12.9. The van der Waals surface area contributed by atoms with Crippen LogP contribution in [0.5, 0.6) is 0 Å². The molecule has 0 saturated heterocycles. The van der Waals surface area contributed by atoms with Crippen LogP contribution in [0.3, 0.4) is 0 Å². The molecule has 1 amide bonds. The number of nitrogens with zero attached hydrogens (tertiary/aromatic N) is 3. The predicted molar refractivity (Wildman–Crippen MR) is 102 cm³/mol. The Labute approximate surface area is 157 Å². The highest BCUT2D eigenvalue weighted by molar-refractivity contribution is 6.39. The number of nitrogens with one attached hydrogen (secondary N) is 1. The van der Waals surface area contributed by atoms with Crippen LogP contribution in [-0.2, 0) is 16.7 Å². The zero-order valence-corrected chi connectivity index (χ0v) is 14.9. The summed E-state index contributed by atoms with van der Waals surface area (Å²) in [6.07, 6.45) is 3.80. The van der Waals surface area contributed by atoms with E-state index in [0.717, 1.165) is 17.0 Å². The van der Waals surface area contributed by atoms with E-state index < -0.39 is 0 Å². The topological polar surface area (TPSA) is 68.5 Å². The minimum absolute atomic E-state index is 0.227. The van der Waals surface area contributed by atoms with E-state index in [0.29, 0.717) is 12.1 Å². The number of carbonyl (C=O) groups is 1. The van der Waals surface area contributed by atoms with E-state index in [-0.39, 0.29) is 18.1 Å². The fraction of sp³-hybridized carbons (Fsp3) is 0.190. The van der Waals surface area contributed by atoms with E-state index in [4.69, 9.17) is 4.84 Å². The monoisotopic (exact) mass is 360 g/mol. The first-order valence-corrected chi connectivity index (χ1v) is 8.83. The van der Waals surface area contributed by atoms with Gasteiger partial charge in [0, 0.05) is 25.9 Å². The molecule has 2 aromatic carbocycles. The maximum Gasteiger partial charge on any atom is 0.270 e. The minimum atomic E-state index is -0.364. The standard InChI is InChI=1S/C21H20N4O2/c1-25-13-12-22-20(25)19(16-10-6-3-7-11-16)23-21(26)17-14-18(27-24-17)15-8-4-2-5-9-15/h2-13,18-19H,14H2,1H3,(H,23,26)/t18-,19+/m0/s1. The Hall–Kier alpha value is -3.41. The molecule has 4 rings (SSSR count). The predicted octanol–water partition coefficient (Wildman–Crippen LogP) is 3.14. The van der Waals surface area contributed by atoms with E-state index in [1.54, 1.807) is 6.20 Å². The summed E-state index contributed by atoms with van der Waals surface area (Å²) in [5.74, 6) is 0.513. The molecule has 0 unspecified atom stereocenters. The molecular weight excluding hydrogens is 340 g/mol. The Morgan fingerprint density at radius 3 is 2.52 bits per heavy atom. The summed E-state index contributed by atoms with van der Waals surface area (Å²) >= 11 is 0. The van der Waals surface area contributed by atoms with Gasteiger partial charge >= 0.3 is 0 Å². The fourth-order valence-corrected chi connectivity index (χ4v) is 3.17. The lowest BCUT2D eigenvalue weighted by Crippen LogP contribution is -2.35. The van der Waals surface area contributed by atoms with Crippen molar-refractivity contribution in [3.63, 3.8) is 0 Å². The number of benzene rings is 2. The molecule has 27 heavy (non-hydrogen) atoms. The van der Waals surface area contributed by atoms with Crippen LogP contribution in [0.4, 0.5) is 0 Å². The van der Waals surface area contributed by atoms with Crippen molar-refractivity contribution in [2.24, 2.45) is 12.2 Å². The summed E-state index contributed by atoms with van der Waals surface area (Å²) in [7, 11) is 1.91. The third kappa shape index (κ3) is 3.60. The quantitative estimate of drug-likeness (QED) is 0.760. The Bertz CT molecular complexity index is 951. The lowest BCUT2D eigenvalue weighted by molar-refractivity contribution is -0.115. The number of carbonyl (C=O) groups excluding carboxylic acids is 1. The number of rotatable bonds is 5. The smallest absolute Gasteiger partial charge is 0.270 e. The minimum Gasteiger partial charge on any atom is -0.387 e. The Balaban J connectivity index is 1.52. The number of aromatic nitrogens is 2. The van der Waals surface area contributed by atoms with E-state index in [1.165, 1.54) is 0 Å². The largest absolute Gasteiger partial charge is 0.387 e. The van der Waals surface area contributed by atoms with Gasteiger partial charge in [-0.25, -0.2) is 4.98 Å². The molecule has 1 aliphatic rings. The van der Waals surface area contributed by atoms with E-state index in [1.807, 2.05) is 78.5 Å². The Morgan fingerprint density at radius 2 is 1.85 bits per heavy atom. The molecule has 0 fully saturated rings. The third-order valence-electron chi connectivity index (χ3n) is 4.63. The molecule has 0 saturated carbocycles. The van der Waals surface area contributed by atoms with Crippen molar-refractivity contribution in [3.8, 4) is 0 Å². The van der Waals surface area contributed by atoms with E-state index in [2.05, 4.69) is 15.5 Å². The normalized spacial score (nSPS) is 17.1. The van der Waals surface area contributed by atoms with Gasteiger partial charge in [-0.1, -0.05) is 65.8 Å². The highest BCUT2D eigenvalue weighted by atomic mass is 16.6. The average Bonchev–Trinajstić information content (AvgIpc) is 3.37. The molecule has 1 N–H and O–H groups in total. The van der Waals surface area contributed by atoms with Crippen molar-refractivity contribution in [3.05, 3.63) is 90.0 Å². The van der Waals surface area contributed by atoms with Gasteiger partial charge in [-0.15, -0.1) is 0 Å². The number of amides is 1. The highest BCUT2D eigenvalue weighted by Crippen LogP contribution is 2.28. The number of hydrogen-bond donors (Lipinski definition) is 1. The van der Waals surface area contributed by atoms with Gasteiger partial charge in [0.15, 0.2) is 6.10 Å². The van der Waals surface area contributed by atoms with Gasteiger partial charge < -0.3 is 14.7 Å². The maximum atomic E-state index is 12.9. The van der Waals surface area contributed by atoms with Crippen molar-refractivity contribution in [1.29, 1.82) is 0 Å². The van der Waals surface area contributed by atoms with Gasteiger partial charge in [-0.2, -0.15) is 0 Å². The fourth-order valence-electron chi connectivity index (χ4n) is 3.17. The van der Waals surface area contributed by atoms with Crippen LogP contribution < -0.4 is 5.32 Å². The van der Waals surface area contributed by atoms with Gasteiger partial charge in [0.2, 0.25) is 0 Å². The van der Waals surface area contributed by atoms with Gasteiger partial charge in [0.1, 0.15) is 17.6 Å². The van der Waals surface area contributed by atoms with Crippen LogP contribution in [-0.4, -0.2) is 21.2 Å². The van der Waals surface area contributed by atoms with Gasteiger partial charge in [0.25, 0.3) is 5.91 Å². The van der Waals surface area contributed by atoms with Crippen molar-refractivity contribution in [1.82, 2.24) is 14.9 Å². The summed E-state index contributed by atoms with van der Waals surface area (Å²) in [5.41, 5.74) is 2.35. The summed E-state index contributed by atoms with van der Waals surface area (Å²) in [5, 5.41) is 7.08. The van der Waals surface area contributed by atoms with Gasteiger partial charge in [-0.3, -0.25) is 4.79 Å². The molecule has 1 aromatic heterocycles. The average molecular weight is 360 g/mol. The number of oxime groups is 1. The molecule has 2 atom stereocenters. The molecule has 6 heteroatoms. The van der Waals surface area contributed by atoms with Crippen LogP contribution >= 0.6 is 0 Å². The van der Waals surface area contributed by atoms with Gasteiger partial charge in [-0.05, 0) is 11.1 Å². The molecule has 0 radical (unpaired) electrons. The molecule has 0 spiro atoms. The van der Waals surface area contributed by atoms with E-state index >= 15 is 0 Å². The molecule has 0 bridgehead atoms. The molecule has 2 heterocycles. The zero-order chi connectivity index (χ0) is 18.6. The van der Waals surface area contributed by atoms with Crippen LogP contribution in [0.2, 0.25) is 0 Å². The summed E-state index contributed by atoms with van der Waals surface area (Å²) in [6.45, 7) is 0. The Kier molecular flexibility index (Phi) is 4.70. The number of aryl methyl sites for hydroxylation is 1. The molecule has 0 aliphatic carbocycles. The number of hydrogen-bond acceptors (Lipinski definition) is 4. The Morgan fingerprint density at radius 1 is 1.15 bits per heavy atom. The molecular formula is C21H20N4O2. The van der Waals surface area contributed by atoms with Crippen molar-refractivity contribution in [2.45, 2.75) is 18.6 Å². The molecule has 6 nitrogen and oxygen atoms in total. The first-order chi connectivity index (χ1) is 13.2. The molecule has 136 valence electrons. The van der Waals surface area contributed by atoms with Crippen molar-refractivity contribution < 1.29 is 9.63 Å². The third-order valence-corrected chi connectivity index (χ3v) is 4.63. The van der Waals surface area contributed by atoms with Crippen LogP contribution in [0, 0.1) is 0 Å². The SMILES string of the molecule is Cn1ccnc1[C@H](NC(=O)C1=NO[C@H](c2ccccc2)C1)c1ccccc1. The number of imidazole rings is 1. The summed E-state index contributed by atoms with van der Waals surface area (Å²) in [4.78, 5) is 22.7. The van der Waals surface area contributed by atoms with E-state index in [9.17, 15) is 4.79 Å². The first kappa shape index (κ1) is 17.0. The summed E-state index contributed by atoms with van der Waals surface area (Å²) < 4.78 is 1.90. The zero-order valence-electron chi connectivity index (χ0n) is 14.9. The molecule has 3 aromatic rings. The lowest BCUT2D eigenvalue weighted by Gasteiger charge is -2.19. The van der Waals surface area contributed by atoms with Crippen molar-refractivity contribution >= 4 is 11.6 Å². The van der Waals surface area contributed by atoms with Crippen molar-refractivity contribution in [2.75, 3.05) is 0 Å². The highest BCUT2D eigenvalue weighted by Gasteiger charge is 2.30. The molecule has 1 aliphatic heterocycles. The van der Waals surface area contributed by atoms with Gasteiger partial charge in [0.05, 0.1) is 0 Å². The second kappa shape index (κ2) is 7.45. The second-order valence-corrected chi connectivity index (χ2v) is 6.46. The first-order valence-electron chi connectivity index (χ1n) is 8.83. The van der Waals surface area contributed by atoms with Crippen LogP contribution in [0.15, 0.2) is 78.2 Å². The lowest BCUT2D eigenvalue weighted by atomic mass is 10.0. The van der Waals surface area contributed by atoms with Crippen LogP contribution in [0.25, 0.3) is 0 Å². The van der Waals surface area contributed by atoms with Crippen LogP contribution in [0.1, 0.15) is 35.5 Å².